The molecule has 17 nitrogen and oxygen atoms in total. The average Bonchev–Trinajstić information content (AvgIpc) is 3.58. The molecule has 0 unspecified atom stereocenters. The number of anilines is 1. The number of rotatable bonds is 3. The van der Waals surface area contributed by atoms with E-state index >= 15 is 0 Å². The van der Waals surface area contributed by atoms with Crippen molar-refractivity contribution >= 4 is 46.5 Å². The fourth-order valence-electron chi connectivity index (χ4n) is 5.07. The molecule has 40 heavy (non-hydrogen) atoms. The minimum absolute atomic E-state index is 0.0223. The molecule has 0 spiro atoms. The molecular formula is C20H25N8O9PS2. The smallest absolute Gasteiger partial charge is 0.386 e. The fraction of sp³-hybridized carbons (Fsp3) is 0.550. The van der Waals surface area contributed by atoms with Gasteiger partial charge in [-0.05, 0) is 6.42 Å². The number of ether oxygens (including phenoxy) is 2. The lowest BCUT2D eigenvalue weighted by Gasteiger charge is -2.25. The van der Waals surface area contributed by atoms with Crippen molar-refractivity contribution in [3.63, 3.8) is 0 Å². The van der Waals surface area contributed by atoms with E-state index in [1.807, 2.05) is 0 Å². The normalized spacial score (nSPS) is 34.4. The number of nitrogen functional groups attached to an aromatic ring is 1. The van der Waals surface area contributed by atoms with Crippen LogP contribution in [0.4, 0.5) is 5.95 Å². The summed E-state index contributed by atoms with van der Waals surface area (Å²) < 4.78 is 71.8. The van der Waals surface area contributed by atoms with E-state index in [0.717, 1.165) is 0 Å². The predicted octanol–water partition coefficient (Wildman–Crippen LogP) is 0.310. The molecule has 1 saturated carbocycles. The van der Waals surface area contributed by atoms with Crippen LogP contribution >= 0.6 is 19.0 Å². The van der Waals surface area contributed by atoms with E-state index in [0.29, 0.717) is 18.7 Å². The van der Waals surface area contributed by atoms with Gasteiger partial charge in [-0.15, -0.1) is 0 Å². The van der Waals surface area contributed by atoms with Crippen molar-refractivity contribution in [1.29, 1.82) is 0 Å². The molecule has 2 aliphatic heterocycles. The van der Waals surface area contributed by atoms with Crippen LogP contribution in [0.5, 0.6) is 5.88 Å². The monoisotopic (exact) mass is 616 g/mol. The molecule has 3 fully saturated rings. The molecule has 2 saturated heterocycles. The quantitative estimate of drug-likeness (QED) is 0.230. The minimum atomic E-state index is -4.32. The highest BCUT2D eigenvalue weighted by Gasteiger charge is 2.45. The fourth-order valence-corrected chi connectivity index (χ4v) is 7.63. The summed E-state index contributed by atoms with van der Waals surface area (Å²) in [5.74, 6) is -0.267. The maximum absolute atomic E-state index is 13.2. The van der Waals surface area contributed by atoms with Gasteiger partial charge in [0.15, 0.2) is 17.4 Å². The zero-order valence-corrected chi connectivity index (χ0v) is 23.2. The van der Waals surface area contributed by atoms with Crippen molar-refractivity contribution in [2.45, 2.75) is 49.9 Å². The number of fused-ring (bicyclic) bond motifs is 4. The number of H-pyrrole nitrogens is 1. The van der Waals surface area contributed by atoms with Crippen molar-refractivity contribution < 1.29 is 35.7 Å². The molecule has 5 heterocycles. The first kappa shape index (κ1) is 27.5. The van der Waals surface area contributed by atoms with Gasteiger partial charge in [-0.3, -0.25) is 23.4 Å². The number of aromatic nitrogens is 6. The number of nitrogens with one attached hydrogen (secondary N) is 2. The van der Waals surface area contributed by atoms with E-state index in [1.54, 1.807) is 6.07 Å². The first-order valence-corrected chi connectivity index (χ1v) is 16.3. The summed E-state index contributed by atoms with van der Waals surface area (Å²) in [4.78, 5) is 30.6. The van der Waals surface area contributed by atoms with Gasteiger partial charge in [-0.2, -0.15) is 18.1 Å². The second-order valence-electron chi connectivity index (χ2n) is 9.52. The van der Waals surface area contributed by atoms with Crippen LogP contribution in [0.15, 0.2) is 29.7 Å². The highest BCUT2D eigenvalue weighted by Crippen LogP contribution is 2.57. The number of hydrogen-bond acceptors (Lipinski definition) is 14. The van der Waals surface area contributed by atoms with Gasteiger partial charge in [0.1, 0.15) is 18.5 Å². The topological polar surface area (TPSA) is 225 Å². The van der Waals surface area contributed by atoms with E-state index in [-0.39, 0.29) is 36.7 Å². The highest BCUT2D eigenvalue weighted by atomic mass is 32.7. The molecule has 0 amide bonds. The molecule has 3 aromatic heterocycles. The van der Waals surface area contributed by atoms with Crippen molar-refractivity contribution in [3.8, 4) is 5.88 Å². The Morgan fingerprint density at radius 2 is 2.08 bits per heavy atom. The summed E-state index contributed by atoms with van der Waals surface area (Å²) in [5, 5.41) is 0. The van der Waals surface area contributed by atoms with Gasteiger partial charge in [0.25, 0.3) is 5.56 Å². The SMILES string of the molecule is Nc1nc2c(ncn2[C@@H]2O[C@@H]3CO[P@@](=O)(S)O[C@H]4C[C@H](Oc5ccncn5)C[C@@H]4CNS(=O)(=O)O[C@@H]2C3)c(=O)[nH]1. The van der Waals surface area contributed by atoms with E-state index in [9.17, 15) is 17.8 Å². The van der Waals surface area contributed by atoms with Gasteiger partial charge in [-0.25, -0.2) is 23.7 Å². The number of nitrogens with zero attached hydrogens (tertiary/aromatic N) is 5. The van der Waals surface area contributed by atoms with Crippen LogP contribution in [0.1, 0.15) is 25.5 Å². The number of aromatic amines is 1. The Kier molecular flexibility index (Phi) is 7.32. The van der Waals surface area contributed by atoms with Crippen LogP contribution < -0.4 is 20.8 Å². The predicted molar refractivity (Wildman–Crippen MR) is 139 cm³/mol. The zero-order chi connectivity index (χ0) is 28.1. The lowest BCUT2D eigenvalue weighted by molar-refractivity contribution is -0.0419. The standard InChI is InChI=1S/C20H25N8O9PS2/c21-20-26-17-16(18(29)27-20)24-9-28(17)19-14-5-12(35-19)7-33-38(30,39)36-13-4-11(34-15-1-2-22-8-23-15)3-10(13)6-25-40(31,32)37-14/h1-2,8-14,19,25H,3-7H2,(H,30,39)(H3,21,26,27,29)/t10-,11-,12+,13+,14-,19-,38-/m1/s1. The Morgan fingerprint density at radius 1 is 1.23 bits per heavy atom. The highest BCUT2D eigenvalue weighted by molar-refractivity contribution is 8.44. The van der Waals surface area contributed by atoms with Crippen molar-refractivity contribution in [1.82, 2.24) is 34.2 Å². The van der Waals surface area contributed by atoms with E-state index in [4.69, 9.17) is 28.4 Å². The zero-order valence-electron chi connectivity index (χ0n) is 20.6. The van der Waals surface area contributed by atoms with Gasteiger partial charge in [0, 0.05) is 37.6 Å². The Hall–Kier alpha value is -2.64. The van der Waals surface area contributed by atoms with Crippen LogP contribution in [-0.4, -0.2) is 75.5 Å². The maximum Gasteiger partial charge on any atom is 0.386 e. The maximum atomic E-state index is 13.2. The molecular weight excluding hydrogens is 591 g/mol. The third-order valence-electron chi connectivity index (χ3n) is 6.76. The Labute approximate surface area is 232 Å². The van der Waals surface area contributed by atoms with Gasteiger partial charge in [0.05, 0.1) is 25.1 Å². The Morgan fingerprint density at radius 3 is 2.88 bits per heavy atom. The van der Waals surface area contributed by atoms with Gasteiger partial charge in [-0.1, -0.05) is 12.2 Å². The van der Waals surface area contributed by atoms with Crippen molar-refractivity contribution in [2.75, 3.05) is 18.9 Å². The van der Waals surface area contributed by atoms with Crippen molar-refractivity contribution in [2.24, 2.45) is 5.92 Å². The first-order valence-electron chi connectivity index (χ1n) is 12.2. The summed E-state index contributed by atoms with van der Waals surface area (Å²) in [7, 11) is -4.32. The number of nitrogens with two attached hydrogens (primary N) is 1. The number of hydrogen-bond donors (Lipinski definition) is 4. The minimum Gasteiger partial charge on any atom is -0.474 e. The van der Waals surface area contributed by atoms with Gasteiger partial charge >= 0.3 is 17.1 Å². The summed E-state index contributed by atoms with van der Waals surface area (Å²) in [6, 6.07) is 1.59. The van der Waals surface area contributed by atoms with Crippen LogP contribution in [0.25, 0.3) is 11.2 Å². The molecule has 0 radical (unpaired) electrons. The summed E-state index contributed by atoms with van der Waals surface area (Å²) in [5.41, 5.74) is 5.17. The lowest BCUT2D eigenvalue weighted by Crippen LogP contribution is -2.37. The molecule has 4 N–H and O–H groups in total. The van der Waals surface area contributed by atoms with Crippen molar-refractivity contribution in [3.05, 3.63) is 35.3 Å². The third-order valence-corrected chi connectivity index (χ3v) is 9.43. The summed E-state index contributed by atoms with van der Waals surface area (Å²) >= 11 is 4.14. The van der Waals surface area contributed by atoms with E-state index < -0.39 is 59.2 Å². The summed E-state index contributed by atoms with van der Waals surface area (Å²) in [6.07, 6.45) is 0.777. The first-order chi connectivity index (χ1) is 19.1. The van der Waals surface area contributed by atoms with Gasteiger partial charge in [0.2, 0.25) is 11.8 Å². The third kappa shape index (κ3) is 5.87. The average molecular weight is 617 g/mol. The van der Waals surface area contributed by atoms with E-state index in [2.05, 4.69) is 41.9 Å². The molecule has 20 heteroatoms. The van der Waals surface area contributed by atoms with Gasteiger partial charge < -0.3 is 15.2 Å². The number of thiol groups is 1. The lowest BCUT2D eigenvalue weighted by atomic mass is 10.1. The second kappa shape index (κ2) is 10.6. The molecule has 3 aliphatic rings. The molecule has 0 aromatic carbocycles. The van der Waals surface area contributed by atoms with Crippen LogP contribution in [0.2, 0.25) is 0 Å². The Balaban J connectivity index is 1.25. The molecule has 1 aliphatic carbocycles. The summed E-state index contributed by atoms with van der Waals surface area (Å²) in [6.45, 7) is -4.25. The largest absolute Gasteiger partial charge is 0.474 e. The van der Waals surface area contributed by atoms with E-state index in [1.165, 1.54) is 23.4 Å². The molecule has 6 rings (SSSR count). The molecule has 216 valence electrons. The van der Waals surface area contributed by atoms with Crippen LogP contribution in [0.3, 0.4) is 0 Å². The molecule has 7 atom stereocenters. The number of imidazole rings is 1. The molecule has 3 aromatic rings. The van der Waals surface area contributed by atoms with Crippen LogP contribution in [0, 0.1) is 5.92 Å². The Bertz CT molecular complexity index is 1610. The molecule has 2 bridgehead atoms. The van der Waals surface area contributed by atoms with Crippen LogP contribution in [-0.2, 0) is 32.8 Å². The second-order valence-corrected chi connectivity index (χ2v) is 13.8.